The van der Waals surface area contributed by atoms with E-state index in [4.69, 9.17) is 9.47 Å². The number of nitrogens with one attached hydrogen (secondary N) is 1. The number of ether oxygens (including phenoxy) is 2. The van der Waals surface area contributed by atoms with Gasteiger partial charge in [0.2, 0.25) is 0 Å². The molecule has 0 aliphatic carbocycles. The molecule has 1 atom stereocenters. The second kappa shape index (κ2) is 5.89. The van der Waals surface area contributed by atoms with Gasteiger partial charge in [0.05, 0.1) is 12.5 Å². The number of hydrogen-bond acceptors (Lipinski definition) is 4. The van der Waals surface area contributed by atoms with E-state index in [9.17, 15) is 9.59 Å². The molecule has 0 radical (unpaired) electrons. The summed E-state index contributed by atoms with van der Waals surface area (Å²) in [4.78, 5) is 23.0. The van der Waals surface area contributed by atoms with Gasteiger partial charge in [-0.25, -0.2) is 4.79 Å². The van der Waals surface area contributed by atoms with E-state index in [0.717, 1.165) is 0 Å². The summed E-state index contributed by atoms with van der Waals surface area (Å²) >= 11 is 0. The van der Waals surface area contributed by atoms with Crippen LogP contribution in [0.2, 0.25) is 0 Å². The van der Waals surface area contributed by atoms with Crippen LogP contribution in [0.3, 0.4) is 0 Å². The van der Waals surface area contributed by atoms with Crippen molar-refractivity contribution in [2.45, 2.75) is 46.6 Å². The van der Waals surface area contributed by atoms with Crippen molar-refractivity contribution in [3.63, 3.8) is 0 Å². The van der Waals surface area contributed by atoms with Crippen LogP contribution < -0.4 is 5.32 Å². The molecule has 0 aromatic heterocycles. The Morgan fingerprint density at radius 2 is 1.71 bits per heavy atom. The number of esters is 1. The fourth-order valence-corrected chi connectivity index (χ4v) is 1.17. The highest BCUT2D eigenvalue weighted by atomic mass is 16.6. The van der Waals surface area contributed by atoms with E-state index in [1.54, 1.807) is 27.7 Å². The van der Waals surface area contributed by atoms with Gasteiger partial charge in [-0.15, -0.1) is 0 Å². The monoisotopic (exact) mass is 245 g/mol. The van der Waals surface area contributed by atoms with Gasteiger partial charge in [0.15, 0.2) is 0 Å². The maximum atomic E-state index is 11.5. The molecule has 0 aromatic rings. The van der Waals surface area contributed by atoms with Crippen LogP contribution in [-0.4, -0.2) is 31.3 Å². The second-order valence-electron chi connectivity index (χ2n) is 5.26. The van der Waals surface area contributed by atoms with Crippen LogP contribution in [0.1, 0.15) is 41.0 Å². The first-order valence-corrected chi connectivity index (χ1v) is 5.70. The average Bonchev–Trinajstić information content (AvgIpc) is 2.22. The molecule has 0 heterocycles. The van der Waals surface area contributed by atoms with E-state index < -0.39 is 17.1 Å². The summed E-state index contributed by atoms with van der Waals surface area (Å²) < 4.78 is 9.80. The number of carbonyl (C=O) groups is 2. The normalized spacial score (nSPS) is 14.7. The highest BCUT2D eigenvalue weighted by molar-refractivity contribution is 5.77. The lowest BCUT2D eigenvalue weighted by molar-refractivity contribution is -0.151. The molecule has 100 valence electrons. The number of alkyl carbamates (subject to hydrolysis) is 1. The smallest absolute Gasteiger partial charge is 0.407 e. The molecule has 0 rings (SSSR count). The van der Waals surface area contributed by atoms with E-state index >= 15 is 0 Å². The fourth-order valence-electron chi connectivity index (χ4n) is 1.17. The first-order chi connectivity index (χ1) is 7.64. The molecular formula is C12H23NO4. The predicted octanol–water partition coefficient (Wildman–Crippen LogP) is 2.10. The third-order valence-corrected chi connectivity index (χ3v) is 2.48. The summed E-state index contributed by atoms with van der Waals surface area (Å²) in [5, 5.41) is 2.58. The Kier molecular flexibility index (Phi) is 5.45. The van der Waals surface area contributed by atoms with Crippen LogP contribution in [0, 0.1) is 5.41 Å². The third-order valence-electron chi connectivity index (χ3n) is 2.48. The van der Waals surface area contributed by atoms with Gasteiger partial charge in [-0.05, 0) is 34.1 Å². The fraction of sp³-hybridized carbons (Fsp3) is 0.833. The van der Waals surface area contributed by atoms with E-state index in [-0.39, 0.29) is 12.5 Å². The maximum absolute atomic E-state index is 11.5. The highest BCUT2D eigenvalue weighted by Crippen LogP contribution is 2.21. The molecule has 5 heteroatoms. The van der Waals surface area contributed by atoms with Crippen molar-refractivity contribution in [1.82, 2.24) is 5.32 Å². The zero-order valence-electron chi connectivity index (χ0n) is 11.5. The first kappa shape index (κ1) is 15.7. The highest BCUT2D eigenvalue weighted by Gasteiger charge is 2.33. The van der Waals surface area contributed by atoms with Crippen molar-refractivity contribution in [3.8, 4) is 0 Å². The van der Waals surface area contributed by atoms with Crippen LogP contribution in [0.15, 0.2) is 0 Å². The Balaban J connectivity index is 4.34. The Labute approximate surface area is 103 Å². The van der Waals surface area contributed by atoms with Crippen LogP contribution in [0.4, 0.5) is 4.79 Å². The molecule has 0 aromatic carbocycles. The summed E-state index contributed by atoms with van der Waals surface area (Å²) in [5.41, 5.74) is -1.26. The number of rotatable bonds is 4. The van der Waals surface area contributed by atoms with E-state index in [1.165, 1.54) is 7.11 Å². The SMILES string of the molecule is CCC(C)(CNC(=O)OC(C)(C)C)C(=O)OC. The average molecular weight is 245 g/mol. The Bertz CT molecular complexity index is 283. The molecule has 0 saturated carbocycles. The molecule has 0 spiro atoms. The van der Waals surface area contributed by atoms with Gasteiger partial charge in [0.25, 0.3) is 0 Å². The van der Waals surface area contributed by atoms with Gasteiger partial charge < -0.3 is 14.8 Å². The Morgan fingerprint density at radius 1 is 1.18 bits per heavy atom. The number of amides is 1. The first-order valence-electron chi connectivity index (χ1n) is 5.70. The molecule has 0 aliphatic heterocycles. The maximum Gasteiger partial charge on any atom is 0.407 e. The van der Waals surface area contributed by atoms with Gasteiger partial charge in [-0.2, -0.15) is 0 Å². The standard InChI is InChI=1S/C12H23NO4/c1-7-12(5,9(14)16-6)8-13-10(15)17-11(2,3)4/h7-8H2,1-6H3,(H,13,15). The van der Waals surface area contributed by atoms with Gasteiger partial charge in [-0.1, -0.05) is 6.92 Å². The van der Waals surface area contributed by atoms with Crippen molar-refractivity contribution in [2.75, 3.05) is 13.7 Å². The minimum absolute atomic E-state index is 0.199. The van der Waals surface area contributed by atoms with E-state index in [2.05, 4.69) is 5.32 Å². The molecule has 1 N–H and O–H groups in total. The van der Waals surface area contributed by atoms with Crippen molar-refractivity contribution >= 4 is 12.1 Å². The second-order valence-corrected chi connectivity index (χ2v) is 5.26. The largest absolute Gasteiger partial charge is 0.469 e. The molecule has 0 bridgehead atoms. The molecule has 0 aliphatic rings. The summed E-state index contributed by atoms with van der Waals surface area (Å²) in [6.07, 6.45) is 0.0521. The number of hydrogen-bond donors (Lipinski definition) is 1. The quantitative estimate of drug-likeness (QED) is 0.770. The molecule has 1 amide bonds. The van der Waals surface area contributed by atoms with Gasteiger partial charge >= 0.3 is 12.1 Å². The molecule has 0 fully saturated rings. The molecular weight excluding hydrogens is 222 g/mol. The van der Waals surface area contributed by atoms with E-state index in [0.29, 0.717) is 6.42 Å². The number of carbonyl (C=O) groups excluding carboxylic acids is 2. The zero-order valence-corrected chi connectivity index (χ0v) is 11.5. The lowest BCUT2D eigenvalue weighted by atomic mass is 9.88. The van der Waals surface area contributed by atoms with Crippen molar-refractivity contribution < 1.29 is 19.1 Å². The van der Waals surface area contributed by atoms with Gasteiger partial charge in [0, 0.05) is 6.54 Å². The summed E-state index contributed by atoms with van der Waals surface area (Å²) in [6, 6.07) is 0. The topological polar surface area (TPSA) is 64.6 Å². The third kappa shape index (κ3) is 5.56. The number of methoxy groups -OCH3 is 1. The predicted molar refractivity (Wildman–Crippen MR) is 64.7 cm³/mol. The summed E-state index contributed by atoms with van der Waals surface area (Å²) in [7, 11) is 1.34. The van der Waals surface area contributed by atoms with Crippen LogP contribution in [0.25, 0.3) is 0 Å². The molecule has 5 nitrogen and oxygen atoms in total. The Morgan fingerprint density at radius 3 is 2.06 bits per heavy atom. The summed E-state index contributed by atoms with van der Waals surface area (Å²) in [5.74, 6) is -0.337. The van der Waals surface area contributed by atoms with Gasteiger partial charge in [-0.3, -0.25) is 4.79 Å². The lowest BCUT2D eigenvalue weighted by Gasteiger charge is -2.26. The molecule has 17 heavy (non-hydrogen) atoms. The molecule has 1 unspecified atom stereocenters. The lowest BCUT2D eigenvalue weighted by Crippen LogP contribution is -2.43. The van der Waals surface area contributed by atoms with Crippen LogP contribution in [0.5, 0.6) is 0 Å². The van der Waals surface area contributed by atoms with Crippen LogP contribution in [-0.2, 0) is 14.3 Å². The zero-order chi connectivity index (χ0) is 13.7. The van der Waals surface area contributed by atoms with Crippen LogP contribution >= 0.6 is 0 Å². The van der Waals surface area contributed by atoms with E-state index in [1.807, 2.05) is 6.92 Å². The minimum Gasteiger partial charge on any atom is -0.469 e. The summed E-state index contributed by atoms with van der Waals surface area (Å²) in [6.45, 7) is 9.17. The Hall–Kier alpha value is -1.26. The molecule has 0 saturated heterocycles. The van der Waals surface area contributed by atoms with Gasteiger partial charge in [0.1, 0.15) is 5.60 Å². The van der Waals surface area contributed by atoms with Crippen molar-refractivity contribution in [2.24, 2.45) is 5.41 Å². The minimum atomic E-state index is -0.717. The van der Waals surface area contributed by atoms with Crippen molar-refractivity contribution in [3.05, 3.63) is 0 Å². The van der Waals surface area contributed by atoms with Crippen molar-refractivity contribution in [1.29, 1.82) is 0 Å².